The van der Waals surface area contributed by atoms with Crippen molar-refractivity contribution in [3.05, 3.63) is 83.7 Å². The molecule has 3 rings (SSSR count). The smallest absolute Gasteiger partial charge is 0.131 e. The third-order valence-corrected chi connectivity index (χ3v) is 4.02. The Hall–Kier alpha value is -2.45. The summed E-state index contributed by atoms with van der Waals surface area (Å²) in [6.07, 6.45) is 0.620. The first kappa shape index (κ1) is 15.4. The normalized spacial score (nSPS) is 10.7. The number of aryl methyl sites for hydroxylation is 1. The molecule has 3 aromatic rings. The number of aliphatic hydroxyl groups excluding tert-OH is 1. The molecule has 0 fully saturated rings. The van der Waals surface area contributed by atoms with E-state index >= 15 is 0 Å². The molecular formula is C21H19FO. The summed E-state index contributed by atoms with van der Waals surface area (Å²) < 4.78 is 14.5. The van der Waals surface area contributed by atoms with Crippen LogP contribution in [0.2, 0.25) is 0 Å². The Morgan fingerprint density at radius 3 is 2.00 bits per heavy atom. The first-order valence-corrected chi connectivity index (χ1v) is 7.74. The number of hydrogen-bond donors (Lipinski definition) is 1. The predicted molar refractivity (Wildman–Crippen MR) is 92.8 cm³/mol. The van der Waals surface area contributed by atoms with Gasteiger partial charge in [0.15, 0.2) is 0 Å². The van der Waals surface area contributed by atoms with E-state index in [-0.39, 0.29) is 12.4 Å². The van der Waals surface area contributed by atoms with Gasteiger partial charge >= 0.3 is 0 Å². The van der Waals surface area contributed by atoms with E-state index in [2.05, 4.69) is 0 Å². The molecule has 0 bridgehead atoms. The molecule has 0 aliphatic carbocycles. The second-order valence-electron chi connectivity index (χ2n) is 5.73. The molecule has 0 heterocycles. The van der Waals surface area contributed by atoms with Crippen LogP contribution in [0.25, 0.3) is 22.3 Å². The number of hydrogen-bond acceptors (Lipinski definition) is 1. The molecule has 23 heavy (non-hydrogen) atoms. The third-order valence-electron chi connectivity index (χ3n) is 4.02. The zero-order valence-electron chi connectivity index (χ0n) is 13.1. The molecule has 1 nitrogen and oxygen atoms in total. The number of halogens is 1. The van der Waals surface area contributed by atoms with Gasteiger partial charge in [-0.1, -0.05) is 66.2 Å². The number of benzene rings is 3. The van der Waals surface area contributed by atoms with E-state index in [1.54, 1.807) is 6.07 Å². The van der Waals surface area contributed by atoms with E-state index in [0.29, 0.717) is 12.0 Å². The van der Waals surface area contributed by atoms with Gasteiger partial charge in [0.2, 0.25) is 0 Å². The minimum Gasteiger partial charge on any atom is -0.396 e. The van der Waals surface area contributed by atoms with Crippen molar-refractivity contribution in [1.29, 1.82) is 0 Å². The average molecular weight is 306 g/mol. The lowest BCUT2D eigenvalue weighted by atomic mass is 9.98. The van der Waals surface area contributed by atoms with Crippen molar-refractivity contribution in [2.24, 2.45) is 0 Å². The van der Waals surface area contributed by atoms with E-state index in [1.165, 1.54) is 5.56 Å². The topological polar surface area (TPSA) is 20.2 Å². The average Bonchev–Trinajstić information content (AvgIpc) is 2.57. The Morgan fingerprint density at radius 1 is 0.783 bits per heavy atom. The van der Waals surface area contributed by atoms with E-state index in [4.69, 9.17) is 5.11 Å². The highest BCUT2D eigenvalue weighted by molar-refractivity contribution is 5.71. The maximum atomic E-state index is 14.5. The summed E-state index contributed by atoms with van der Waals surface area (Å²) in [6.45, 7) is 2.16. The quantitative estimate of drug-likeness (QED) is 0.719. The van der Waals surface area contributed by atoms with Crippen molar-refractivity contribution in [1.82, 2.24) is 0 Å². The van der Waals surface area contributed by atoms with Crippen molar-refractivity contribution >= 4 is 0 Å². The summed E-state index contributed by atoms with van der Waals surface area (Å²) in [6, 6.07) is 21.1. The fourth-order valence-corrected chi connectivity index (χ4v) is 2.65. The van der Waals surface area contributed by atoms with Crippen molar-refractivity contribution in [2.75, 3.05) is 6.61 Å². The highest BCUT2D eigenvalue weighted by atomic mass is 19.1. The molecule has 0 radical (unpaired) electrons. The Labute approximate surface area is 136 Å². The zero-order valence-corrected chi connectivity index (χ0v) is 13.1. The molecule has 0 saturated heterocycles. The van der Waals surface area contributed by atoms with Crippen LogP contribution in [0, 0.1) is 12.7 Å². The van der Waals surface area contributed by atoms with E-state index < -0.39 is 0 Å². The molecule has 3 aromatic carbocycles. The Morgan fingerprint density at radius 2 is 1.39 bits per heavy atom. The summed E-state index contributed by atoms with van der Waals surface area (Å²) in [5.74, 6) is -0.224. The van der Waals surface area contributed by atoms with Crippen LogP contribution in [0.15, 0.2) is 66.7 Å². The molecule has 0 aromatic heterocycles. The standard InChI is InChI=1S/C21H19FO/c1-15-2-6-17(7-3-15)19-10-11-20(21(22)14-19)18-8-4-16(5-9-18)12-13-23/h2-11,14,23H,12-13H2,1H3. The summed E-state index contributed by atoms with van der Waals surface area (Å²) in [7, 11) is 0. The molecule has 2 heteroatoms. The fourth-order valence-electron chi connectivity index (χ4n) is 2.65. The van der Waals surface area contributed by atoms with Gasteiger partial charge in [0.1, 0.15) is 5.82 Å². The Balaban J connectivity index is 1.91. The molecule has 116 valence electrons. The Bertz CT molecular complexity index is 789. The second-order valence-corrected chi connectivity index (χ2v) is 5.73. The molecule has 0 aliphatic rings. The van der Waals surface area contributed by atoms with Crippen molar-refractivity contribution in [3.63, 3.8) is 0 Å². The van der Waals surface area contributed by atoms with Crippen LogP contribution in [0.1, 0.15) is 11.1 Å². The highest BCUT2D eigenvalue weighted by Gasteiger charge is 2.07. The zero-order chi connectivity index (χ0) is 16.2. The largest absolute Gasteiger partial charge is 0.396 e. The monoisotopic (exact) mass is 306 g/mol. The van der Waals surface area contributed by atoms with Crippen LogP contribution >= 0.6 is 0 Å². The summed E-state index contributed by atoms with van der Waals surface area (Å²) in [5.41, 5.74) is 5.57. The molecule has 0 unspecified atom stereocenters. The van der Waals surface area contributed by atoms with Gasteiger partial charge in [-0.2, -0.15) is 0 Å². The lowest BCUT2D eigenvalue weighted by Gasteiger charge is -2.08. The molecule has 1 N–H and O–H groups in total. The van der Waals surface area contributed by atoms with E-state index in [0.717, 1.165) is 22.3 Å². The van der Waals surface area contributed by atoms with E-state index in [9.17, 15) is 4.39 Å². The molecular weight excluding hydrogens is 287 g/mol. The molecule has 0 spiro atoms. The lowest BCUT2D eigenvalue weighted by molar-refractivity contribution is 0.299. The van der Waals surface area contributed by atoms with Gasteiger partial charge in [-0.15, -0.1) is 0 Å². The summed E-state index contributed by atoms with van der Waals surface area (Å²) >= 11 is 0. The van der Waals surface area contributed by atoms with Gasteiger partial charge in [-0.3, -0.25) is 0 Å². The van der Waals surface area contributed by atoms with Gasteiger partial charge in [0.05, 0.1) is 0 Å². The van der Waals surface area contributed by atoms with Crippen molar-refractivity contribution in [3.8, 4) is 22.3 Å². The number of rotatable bonds is 4. The van der Waals surface area contributed by atoms with Crippen LogP contribution in [-0.4, -0.2) is 11.7 Å². The SMILES string of the molecule is Cc1ccc(-c2ccc(-c3ccc(CCO)cc3)c(F)c2)cc1. The lowest BCUT2D eigenvalue weighted by Crippen LogP contribution is -1.91. The first-order chi connectivity index (χ1) is 11.2. The highest BCUT2D eigenvalue weighted by Crippen LogP contribution is 2.28. The van der Waals surface area contributed by atoms with Crippen LogP contribution < -0.4 is 0 Å². The fraction of sp³-hybridized carbons (Fsp3) is 0.143. The third kappa shape index (κ3) is 3.49. The van der Waals surface area contributed by atoms with Gasteiger partial charge < -0.3 is 5.11 Å². The Kier molecular flexibility index (Phi) is 4.54. The summed E-state index contributed by atoms with van der Waals surface area (Å²) in [4.78, 5) is 0. The van der Waals surface area contributed by atoms with Crippen molar-refractivity contribution in [2.45, 2.75) is 13.3 Å². The molecule has 0 atom stereocenters. The van der Waals surface area contributed by atoms with Crippen LogP contribution in [-0.2, 0) is 6.42 Å². The van der Waals surface area contributed by atoms with Crippen LogP contribution in [0.4, 0.5) is 4.39 Å². The molecule has 0 aliphatic heterocycles. The predicted octanol–water partition coefficient (Wildman–Crippen LogP) is 5.00. The molecule has 0 amide bonds. The van der Waals surface area contributed by atoms with Gasteiger partial charge in [-0.05, 0) is 41.7 Å². The van der Waals surface area contributed by atoms with Gasteiger partial charge in [0, 0.05) is 12.2 Å². The second kappa shape index (κ2) is 6.76. The first-order valence-electron chi connectivity index (χ1n) is 7.74. The van der Waals surface area contributed by atoms with Gasteiger partial charge in [0.25, 0.3) is 0 Å². The van der Waals surface area contributed by atoms with Gasteiger partial charge in [-0.25, -0.2) is 4.39 Å². The van der Waals surface area contributed by atoms with E-state index in [1.807, 2.05) is 67.6 Å². The maximum absolute atomic E-state index is 14.5. The molecule has 0 saturated carbocycles. The van der Waals surface area contributed by atoms with Crippen LogP contribution in [0.5, 0.6) is 0 Å². The maximum Gasteiger partial charge on any atom is 0.131 e. The minimum absolute atomic E-state index is 0.124. The minimum atomic E-state index is -0.224. The number of aliphatic hydroxyl groups is 1. The van der Waals surface area contributed by atoms with Crippen molar-refractivity contribution < 1.29 is 9.50 Å². The summed E-state index contributed by atoms with van der Waals surface area (Å²) in [5, 5.41) is 8.95. The van der Waals surface area contributed by atoms with Crippen LogP contribution in [0.3, 0.4) is 0 Å².